The van der Waals surface area contributed by atoms with Crippen molar-refractivity contribution in [1.82, 2.24) is 15.5 Å². The molecule has 3 amide bonds. The third-order valence-electron chi connectivity index (χ3n) is 6.73. The second-order valence-corrected chi connectivity index (χ2v) is 9.09. The fraction of sp³-hybridized carbons (Fsp3) is 0.385. The van der Waals surface area contributed by atoms with Crippen molar-refractivity contribution in [2.24, 2.45) is 11.8 Å². The zero-order valence-corrected chi connectivity index (χ0v) is 19.5. The van der Waals surface area contributed by atoms with Gasteiger partial charge in [0.15, 0.2) is 0 Å². The number of alkyl carbamates (subject to hydrolysis) is 1. The van der Waals surface area contributed by atoms with Crippen LogP contribution in [0.3, 0.4) is 0 Å². The van der Waals surface area contributed by atoms with E-state index in [1.807, 2.05) is 43.3 Å². The van der Waals surface area contributed by atoms with Crippen LogP contribution in [0.25, 0.3) is 11.1 Å². The number of carbonyl (C=O) groups excluding carboxylic acids is 3. The van der Waals surface area contributed by atoms with Crippen molar-refractivity contribution in [3.63, 3.8) is 0 Å². The molecular formula is C26H29N3O6. The van der Waals surface area contributed by atoms with Crippen molar-refractivity contribution in [2.45, 2.75) is 19.3 Å². The Labute approximate surface area is 203 Å². The average Bonchev–Trinajstić information content (AvgIpc) is 3.37. The summed E-state index contributed by atoms with van der Waals surface area (Å²) in [6, 6.07) is 16.0. The first-order valence-electron chi connectivity index (χ1n) is 11.7. The van der Waals surface area contributed by atoms with Crippen LogP contribution in [0.1, 0.15) is 30.4 Å². The van der Waals surface area contributed by atoms with E-state index >= 15 is 0 Å². The molecule has 4 rings (SSSR count). The Morgan fingerprint density at radius 3 is 2.20 bits per heavy atom. The number of carboxylic acids is 1. The predicted octanol–water partition coefficient (Wildman–Crippen LogP) is 2.21. The number of amides is 3. The van der Waals surface area contributed by atoms with Crippen molar-refractivity contribution in [2.75, 3.05) is 32.8 Å². The van der Waals surface area contributed by atoms with Gasteiger partial charge in [0, 0.05) is 19.0 Å². The molecule has 2 unspecified atom stereocenters. The van der Waals surface area contributed by atoms with Gasteiger partial charge in [0.05, 0.1) is 13.0 Å². The first kappa shape index (κ1) is 24.3. The zero-order valence-electron chi connectivity index (χ0n) is 19.5. The largest absolute Gasteiger partial charge is 0.481 e. The minimum absolute atomic E-state index is 0.0152. The van der Waals surface area contributed by atoms with Gasteiger partial charge < -0.3 is 25.4 Å². The van der Waals surface area contributed by atoms with Gasteiger partial charge in [0.2, 0.25) is 11.8 Å². The van der Waals surface area contributed by atoms with Crippen LogP contribution in [0.15, 0.2) is 48.5 Å². The van der Waals surface area contributed by atoms with Gasteiger partial charge in [-0.05, 0) is 34.1 Å². The number of aliphatic carboxylic acids is 1. The maximum Gasteiger partial charge on any atom is 0.407 e. The summed E-state index contributed by atoms with van der Waals surface area (Å²) in [5.74, 6) is -1.76. The monoisotopic (exact) mass is 479 g/mol. The molecule has 1 aliphatic carbocycles. The molecule has 184 valence electrons. The van der Waals surface area contributed by atoms with E-state index < -0.39 is 18.0 Å². The Bertz CT molecular complexity index is 1090. The molecule has 9 nitrogen and oxygen atoms in total. The molecule has 2 aliphatic rings. The Morgan fingerprint density at radius 2 is 1.57 bits per heavy atom. The van der Waals surface area contributed by atoms with E-state index in [-0.39, 0.29) is 49.8 Å². The van der Waals surface area contributed by atoms with Gasteiger partial charge >= 0.3 is 12.1 Å². The van der Waals surface area contributed by atoms with Crippen LogP contribution in [-0.2, 0) is 19.1 Å². The molecule has 2 atom stereocenters. The van der Waals surface area contributed by atoms with E-state index in [0.717, 1.165) is 22.3 Å². The minimum Gasteiger partial charge on any atom is -0.481 e. The Kier molecular flexibility index (Phi) is 7.33. The summed E-state index contributed by atoms with van der Waals surface area (Å²) < 4.78 is 5.40. The van der Waals surface area contributed by atoms with E-state index in [1.165, 1.54) is 0 Å². The molecule has 3 N–H and O–H groups in total. The van der Waals surface area contributed by atoms with Crippen LogP contribution < -0.4 is 10.6 Å². The number of carbonyl (C=O) groups is 4. The second kappa shape index (κ2) is 10.6. The smallest absolute Gasteiger partial charge is 0.407 e. The van der Waals surface area contributed by atoms with Crippen LogP contribution >= 0.6 is 0 Å². The summed E-state index contributed by atoms with van der Waals surface area (Å²) in [6.07, 6.45) is -0.695. The van der Waals surface area contributed by atoms with Gasteiger partial charge in [-0.25, -0.2) is 4.79 Å². The fourth-order valence-corrected chi connectivity index (χ4v) is 4.88. The topological polar surface area (TPSA) is 125 Å². The lowest BCUT2D eigenvalue weighted by atomic mass is 9.95. The number of nitrogens with one attached hydrogen (secondary N) is 2. The Morgan fingerprint density at radius 1 is 0.943 bits per heavy atom. The molecule has 0 aromatic heterocycles. The number of carboxylic acid groups (broad SMARTS) is 1. The van der Waals surface area contributed by atoms with Gasteiger partial charge in [-0.3, -0.25) is 14.4 Å². The number of hydrogen-bond donors (Lipinski definition) is 3. The molecule has 0 bridgehead atoms. The number of rotatable bonds is 8. The maximum atomic E-state index is 12.4. The van der Waals surface area contributed by atoms with E-state index in [0.29, 0.717) is 13.1 Å². The van der Waals surface area contributed by atoms with E-state index in [2.05, 4.69) is 22.8 Å². The Balaban J connectivity index is 1.20. The molecule has 0 spiro atoms. The highest BCUT2D eigenvalue weighted by Crippen LogP contribution is 2.44. The maximum absolute atomic E-state index is 12.4. The van der Waals surface area contributed by atoms with Crippen molar-refractivity contribution < 1.29 is 29.0 Å². The molecule has 0 radical (unpaired) electrons. The fourth-order valence-electron chi connectivity index (χ4n) is 4.88. The molecule has 9 heteroatoms. The first-order chi connectivity index (χ1) is 16.8. The SMILES string of the molecule is CC1CN(C(=O)CNC(=O)CNC(=O)OCC2c3ccccc3-c3ccccc32)CC1CC(=O)O. The van der Waals surface area contributed by atoms with E-state index in [1.54, 1.807) is 4.90 Å². The van der Waals surface area contributed by atoms with E-state index in [4.69, 9.17) is 9.84 Å². The zero-order chi connectivity index (χ0) is 24.9. The number of benzene rings is 2. The molecule has 1 aliphatic heterocycles. The Hall–Kier alpha value is -3.88. The van der Waals surface area contributed by atoms with Crippen LogP contribution in [-0.4, -0.2) is 66.7 Å². The molecular weight excluding hydrogens is 450 g/mol. The van der Waals surface area contributed by atoms with Gasteiger partial charge in [-0.2, -0.15) is 0 Å². The molecule has 2 aromatic rings. The third kappa shape index (κ3) is 5.62. The molecule has 1 saturated heterocycles. The number of fused-ring (bicyclic) bond motifs is 3. The van der Waals surface area contributed by atoms with Gasteiger partial charge in [-0.1, -0.05) is 55.5 Å². The number of hydrogen-bond acceptors (Lipinski definition) is 5. The lowest BCUT2D eigenvalue weighted by molar-refractivity contribution is -0.138. The summed E-state index contributed by atoms with van der Waals surface area (Å²) in [4.78, 5) is 49.2. The molecule has 35 heavy (non-hydrogen) atoms. The summed E-state index contributed by atoms with van der Waals surface area (Å²) in [6.45, 7) is 2.35. The highest BCUT2D eigenvalue weighted by atomic mass is 16.5. The average molecular weight is 480 g/mol. The predicted molar refractivity (Wildman–Crippen MR) is 128 cm³/mol. The number of ether oxygens (including phenoxy) is 1. The van der Waals surface area contributed by atoms with E-state index in [9.17, 15) is 19.2 Å². The highest BCUT2D eigenvalue weighted by Gasteiger charge is 2.33. The lowest BCUT2D eigenvalue weighted by Crippen LogP contribution is -2.43. The first-order valence-corrected chi connectivity index (χ1v) is 11.7. The number of likely N-dealkylation sites (tertiary alicyclic amines) is 1. The summed E-state index contributed by atoms with van der Waals surface area (Å²) in [7, 11) is 0. The highest BCUT2D eigenvalue weighted by molar-refractivity contribution is 5.87. The van der Waals surface area contributed by atoms with Gasteiger partial charge in [0.25, 0.3) is 0 Å². The van der Waals surface area contributed by atoms with Gasteiger partial charge in [-0.15, -0.1) is 0 Å². The quantitative estimate of drug-likeness (QED) is 0.533. The van der Waals surface area contributed by atoms with Gasteiger partial charge in [0.1, 0.15) is 13.2 Å². The number of nitrogens with zero attached hydrogens (tertiary/aromatic N) is 1. The van der Waals surface area contributed by atoms with Crippen molar-refractivity contribution in [3.05, 3.63) is 59.7 Å². The van der Waals surface area contributed by atoms with Crippen molar-refractivity contribution in [1.29, 1.82) is 0 Å². The lowest BCUT2D eigenvalue weighted by Gasteiger charge is -2.17. The van der Waals surface area contributed by atoms with Crippen LogP contribution in [0.2, 0.25) is 0 Å². The molecule has 1 heterocycles. The summed E-state index contributed by atoms with van der Waals surface area (Å²) in [5, 5.41) is 13.9. The molecule has 0 saturated carbocycles. The third-order valence-corrected chi connectivity index (χ3v) is 6.73. The second-order valence-electron chi connectivity index (χ2n) is 9.09. The van der Waals surface area contributed by atoms with Crippen LogP contribution in [0, 0.1) is 11.8 Å². The summed E-state index contributed by atoms with van der Waals surface area (Å²) >= 11 is 0. The van der Waals surface area contributed by atoms with Crippen molar-refractivity contribution >= 4 is 23.9 Å². The standard InChI is InChI=1S/C26H29N3O6/c1-16-13-29(14-17(16)10-25(32)33)24(31)12-27-23(30)11-28-26(34)35-15-22-20-8-4-2-6-18(20)19-7-3-5-9-21(19)22/h2-9,16-17,22H,10-15H2,1H3,(H,27,30)(H,28,34)(H,32,33). The minimum atomic E-state index is -0.885. The normalized spacial score (nSPS) is 18.5. The molecule has 2 aromatic carbocycles. The van der Waals surface area contributed by atoms with Crippen LogP contribution in [0.4, 0.5) is 4.79 Å². The molecule has 1 fully saturated rings. The summed E-state index contributed by atoms with van der Waals surface area (Å²) in [5.41, 5.74) is 4.45. The van der Waals surface area contributed by atoms with Crippen molar-refractivity contribution in [3.8, 4) is 11.1 Å². The van der Waals surface area contributed by atoms with Crippen LogP contribution in [0.5, 0.6) is 0 Å².